The van der Waals surface area contributed by atoms with Crippen LogP contribution in [-0.4, -0.2) is 11.9 Å². The number of benzene rings is 1. The van der Waals surface area contributed by atoms with E-state index in [2.05, 4.69) is 0 Å². The van der Waals surface area contributed by atoms with E-state index in [-0.39, 0.29) is 5.60 Å². The molecule has 0 atom stereocenters. The van der Waals surface area contributed by atoms with Gasteiger partial charge in [0.15, 0.2) is 6.29 Å². The standard InChI is InChI=1S/C11H11ClO2/c1-11(2)5-7-3-8(6-13)9(12)4-10(7)14-11/h3-4,6H,5H2,1-2H3. The predicted molar refractivity (Wildman–Crippen MR) is 55.3 cm³/mol. The molecule has 1 aromatic carbocycles. The van der Waals surface area contributed by atoms with Gasteiger partial charge in [-0.05, 0) is 31.5 Å². The Hall–Kier alpha value is -1.02. The number of carbonyl (C=O) groups excluding carboxylic acids is 1. The number of halogens is 1. The van der Waals surface area contributed by atoms with Crippen molar-refractivity contribution in [3.05, 3.63) is 28.3 Å². The van der Waals surface area contributed by atoms with Gasteiger partial charge in [0.05, 0.1) is 5.02 Å². The normalized spacial score (nSPS) is 17.4. The summed E-state index contributed by atoms with van der Waals surface area (Å²) in [5, 5.41) is 0.455. The highest BCUT2D eigenvalue weighted by atomic mass is 35.5. The van der Waals surface area contributed by atoms with Crippen LogP contribution < -0.4 is 4.74 Å². The molecule has 0 bridgehead atoms. The van der Waals surface area contributed by atoms with Gasteiger partial charge in [-0.3, -0.25) is 4.79 Å². The third-order valence-corrected chi connectivity index (χ3v) is 2.64. The maximum Gasteiger partial charge on any atom is 0.151 e. The summed E-state index contributed by atoms with van der Waals surface area (Å²) in [6.45, 7) is 4.03. The fourth-order valence-electron chi connectivity index (χ4n) is 1.73. The van der Waals surface area contributed by atoms with Gasteiger partial charge in [0.25, 0.3) is 0 Å². The molecule has 0 N–H and O–H groups in total. The minimum Gasteiger partial charge on any atom is -0.487 e. The Kier molecular flexibility index (Phi) is 2.04. The lowest BCUT2D eigenvalue weighted by atomic mass is 10.0. The maximum absolute atomic E-state index is 10.7. The van der Waals surface area contributed by atoms with E-state index in [4.69, 9.17) is 16.3 Å². The lowest BCUT2D eigenvalue weighted by Crippen LogP contribution is -2.24. The topological polar surface area (TPSA) is 26.3 Å². The Balaban J connectivity index is 2.49. The number of carbonyl (C=O) groups is 1. The van der Waals surface area contributed by atoms with E-state index >= 15 is 0 Å². The van der Waals surface area contributed by atoms with Crippen molar-refractivity contribution < 1.29 is 9.53 Å². The molecule has 1 aromatic rings. The van der Waals surface area contributed by atoms with Gasteiger partial charge in [-0.25, -0.2) is 0 Å². The van der Waals surface area contributed by atoms with Crippen LogP contribution in [0.3, 0.4) is 0 Å². The Morgan fingerprint density at radius 3 is 2.86 bits per heavy atom. The number of aldehydes is 1. The van der Waals surface area contributed by atoms with Gasteiger partial charge in [-0.1, -0.05) is 11.6 Å². The van der Waals surface area contributed by atoms with E-state index in [0.29, 0.717) is 10.6 Å². The van der Waals surface area contributed by atoms with Gasteiger partial charge < -0.3 is 4.74 Å². The Labute approximate surface area is 87.8 Å². The monoisotopic (exact) mass is 210 g/mol. The predicted octanol–water partition coefficient (Wildman–Crippen LogP) is 2.87. The van der Waals surface area contributed by atoms with E-state index in [1.165, 1.54) is 0 Å². The molecule has 1 aliphatic rings. The molecule has 0 saturated carbocycles. The fourth-order valence-corrected chi connectivity index (χ4v) is 1.93. The van der Waals surface area contributed by atoms with Crippen molar-refractivity contribution in [3.63, 3.8) is 0 Å². The van der Waals surface area contributed by atoms with E-state index in [1.54, 1.807) is 12.1 Å². The number of ether oxygens (including phenoxy) is 1. The zero-order valence-corrected chi connectivity index (χ0v) is 8.89. The van der Waals surface area contributed by atoms with Crippen LogP contribution in [0.25, 0.3) is 0 Å². The quantitative estimate of drug-likeness (QED) is 0.667. The summed E-state index contributed by atoms with van der Waals surface area (Å²) in [4.78, 5) is 10.7. The summed E-state index contributed by atoms with van der Waals surface area (Å²) >= 11 is 5.89. The van der Waals surface area contributed by atoms with E-state index in [9.17, 15) is 4.79 Å². The van der Waals surface area contributed by atoms with Crippen LogP contribution in [0.15, 0.2) is 12.1 Å². The Morgan fingerprint density at radius 1 is 1.50 bits per heavy atom. The average molecular weight is 211 g/mol. The molecule has 0 aliphatic carbocycles. The van der Waals surface area contributed by atoms with Crippen LogP contribution in [0.4, 0.5) is 0 Å². The van der Waals surface area contributed by atoms with Crippen molar-refractivity contribution >= 4 is 17.9 Å². The molecule has 2 rings (SSSR count). The zero-order valence-electron chi connectivity index (χ0n) is 8.13. The maximum atomic E-state index is 10.7. The molecule has 14 heavy (non-hydrogen) atoms. The molecule has 1 heterocycles. The van der Waals surface area contributed by atoms with Crippen LogP contribution in [0, 0.1) is 0 Å². The first-order valence-electron chi connectivity index (χ1n) is 4.48. The highest BCUT2D eigenvalue weighted by molar-refractivity contribution is 6.33. The van der Waals surface area contributed by atoms with Crippen molar-refractivity contribution in [2.45, 2.75) is 25.9 Å². The van der Waals surface area contributed by atoms with Crippen molar-refractivity contribution in [1.82, 2.24) is 0 Å². The Bertz CT molecular complexity index is 397. The van der Waals surface area contributed by atoms with Gasteiger partial charge in [0, 0.05) is 12.0 Å². The molecular formula is C11H11ClO2. The molecule has 0 fully saturated rings. The van der Waals surface area contributed by atoms with Gasteiger partial charge in [-0.2, -0.15) is 0 Å². The molecule has 0 unspecified atom stereocenters. The smallest absolute Gasteiger partial charge is 0.151 e. The summed E-state index contributed by atoms with van der Waals surface area (Å²) in [7, 11) is 0. The van der Waals surface area contributed by atoms with Crippen LogP contribution in [-0.2, 0) is 6.42 Å². The van der Waals surface area contributed by atoms with Gasteiger partial charge in [-0.15, -0.1) is 0 Å². The first kappa shape index (κ1) is 9.53. The second-order valence-corrected chi connectivity index (χ2v) is 4.55. The Morgan fingerprint density at radius 2 is 2.21 bits per heavy atom. The average Bonchev–Trinajstić information content (AvgIpc) is 2.36. The second kappa shape index (κ2) is 2.99. The second-order valence-electron chi connectivity index (χ2n) is 4.14. The van der Waals surface area contributed by atoms with Crippen LogP contribution in [0.2, 0.25) is 5.02 Å². The third-order valence-electron chi connectivity index (χ3n) is 2.31. The van der Waals surface area contributed by atoms with E-state index in [0.717, 1.165) is 24.0 Å². The molecule has 0 amide bonds. The summed E-state index contributed by atoms with van der Waals surface area (Å²) in [5.41, 5.74) is 1.40. The van der Waals surface area contributed by atoms with Crippen LogP contribution in [0.5, 0.6) is 5.75 Å². The largest absolute Gasteiger partial charge is 0.487 e. The first-order valence-corrected chi connectivity index (χ1v) is 4.86. The summed E-state index contributed by atoms with van der Waals surface area (Å²) in [6, 6.07) is 3.52. The van der Waals surface area contributed by atoms with Crippen molar-refractivity contribution in [2.75, 3.05) is 0 Å². The van der Waals surface area contributed by atoms with Gasteiger partial charge >= 0.3 is 0 Å². The van der Waals surface area contributed by atoms with E-state index in [1.807, 2.05) is 13.8 Å². The summed E-state index contributed by atoms with van der Waals surface area (Å²) < 4.78 is 5.67. The molecule has 2 nitrogen and oxygen atoms in total. The number of rotatable bonds is 1. The molecule has 1 aliphatic heterocycles. The minimum absolute atomic E-state index is 0.187. The lowest BCUT2D eigenvalue weighted by Gasteiger charge is -2.16. The zero-order chi connectivity index (χ0) is 10.3. The van der Waals surface area contributed by atoms with Gasteiger partial charge in [0.2, 0.25) is 0 Å². The molecule has 3 heteroatoms. The SMILES string of the molecule is CC1(C)Cc2cc(C=O)c(Cl)cc2O1. The van der Waals surface area contributed by atoms with Crippen molar-refractivity contribution in [2.24, 2.45) is 0 Å². The summed E-state index contributed by atoms with van der Waals surface area (Å²) in [6.07, 6.45) is 1.59. The van der Waals surface area contributed by atoms with Gasteiger partial charge in [0.1, 0.15) is 11.4 Å². The molecule has 0 radical (unpaired) electrons. The third kappa shape index (κ3) is 1.50. The molecule has 0 spiro atoms. The molecule has 0 aromatic heterocycles. The lowest BCUT2D eigenvalue weighted by molar-refractivity contribution is 0.112. The van der Waals surface area contributed by atoms with Crippen LogP contribution in [0.1, 0.15) is 29.8 Å². The van der Waals surface area contributed by atoms with Crippen LogP contribution >= 0.6 is 11.6 Å². The molecular weight excluding hydrogens is 200 g/mol. The number of fused-ring (bicyclic) bond motifs is 1. The van der Waals surface area contributed by atoms with Crippen molar-refractivity contribution in [3.8, 4) is 5.75 Å². The number of hydrogen-bond acceptors (Lipinski definition) is 2. The fraction of sp³-hybridized carbons (Fsp3) is 0.364. The molecule has 74 valence electrons. The van der Waals surface area contributed by atoms with Crippen molar-refractivity contribution in [1.29, 1.82) is 0 Å². The summed E-state index contributed by atoms with van der Waals surface area (Å²) in [5.74, 6) is 0.797. The molecule has 0 saturated heterocycles. The highest BCUT2D eigenvalue weighted by Gasteiger charge is 2.30. The first-order chi connectivity index (χ1) is 6.52. The minimum atomic E-state index is -0.187. The van der Waals surface area contributed by atoms with E-state index < -0.39 is 0 Å². The highest BCUT2D eigenvalue weighted by Crippen LogP contribution is 2.37. The number of hydrogen-bond donors (Lipinski definition) is 0.